The monoisotopic (exact) mass is 694 g/mol. The molecule has 0 amide bonds. The van der Waals surface area contributed by atoms with Gasteiger partial charge in [-0.05, 0) is 87.3 Å². The van der Waals surface area contributed by atoms with Crippen molar-refractivity contribution in [3.05, 3.63) is 158 Å². The second-order valence-corrected chi connectivity index (χ2v) is 13.1. The van der Waals surface area contributed by atoms with Crippen molar-refractivity contribution < 1.29 is 4.42 Å². The van der Waals surface area contributed by atoms with E-state index in [2.05, 4.69) is 98.7 Å². The molecule has 0 aliphatic rings. The predicted octanol–water partition coefficient (Wildman–Crippen LogP) is 10.8. The van der Waals surface area contributed by atoms with Gasteiger partial charge in [-0.3, -0.25) is 24.8 Å². The van der Waals surface area contributed by atoms with Crippen LogP contribution in [0.1, 0.15) is 0 Å². The Labute approximate surface area is 307 Å². The molecule has 0 unspecified atom stereocenters. The van der Waals surface area contributed by atoms with Gasteiger partial charge in [0.05, 0.1) is 11.9 Å². The maximum absolute atomic E-state index is 6.19. The second kappa shape index (κ2) is 12.0. The van der Waals surface area contributed by atoms with Crippen molar-refractivity contribution in [1.29, 1.82) is 0 Å². The molecule has 0 radical (unpaired) electrons. The molecule has 9 heteroatoms. The van der Waals surface area contributed by atoms with E-state index in [1.165, 1.54) is 16.3 Å². The van der Waals surface area contributed by atoms with Crippen LogP contribution >= 0.6 is 0 Å². The lowest BCUT2D eigenvalue weighted by Crippen LogP contribution is -2.12. The van der Waals surface area contributed by atoms with Gasteiger partial charge >= 0.3 is 0 Å². The van der Waals surface area contributed by atoms with E-state index in [4.69, 9.17) is 24.4 Å². The maximum Gasteiger partial charge on any atom is 0.227 e. The Morgan fingerprint density at radius 3 is 1.70 bits per heavy atom. The SMILES string of the molecule is c1ccc(-c2nc3cc(N(c4ccc5cc(-c6ccc7ccccc7c6)ccc5c4)c4cnc5c6nccnc6c6nccnc6c5n4)ccc3o2)cc1. The molecule has 0 N–H and O–H groups in total. The van der Waals surface area contributed by atoms with Crippen LogP contribution in [-0.4, -0.2) is 34.9 Å². The third kappa shape index (κ3) is 4.91. The first-order chi connectivity index (χ1) is 26.7. The van der Waals surface area contributed by atoms with Crippen LogP contribution in [-0.2, 0) is 0 Å². The predicted molar refractivity (Wildman–Crippen MR) is 214 cm³/mol. The van der Waals surface area contributed by atoms with Crippen molar-refractivity contribution >= 4 is 82.9 Å². The van der Waals surface area contributed by atoms with Crippen LogP contribution in [0, 0.1) is 0 Å². The lowest BCUT2D eigenvalue weighted by atomic mass is 9.98. The van der Waals surface area contributed by atoms with Gasteiger partial charge in [0.15, 0.2) is 11.4 Å². The second-order valence-electron chi connectivity index (χ2n) is 13.1. The molecule has 11 rings (SSSR count). The van der Waals surface area contributed by atoms with Gasteiger partial charge in [-0.2, -0.15) is 0 Å². The molecule has 7 aromatic carbocycles. The zero-order valence-electron chi connectivity index (χ0n) is 28.5. The molecule has 0 saturated heterocycles. The van der Waals surface area contributed by atoms with Crippen molar-refractivity contribution in [1.82, 2.24) is 34.9 Å². The fraction of sp³-hybridized carbons (Fsp3) is 0. The number of hydrogen-bond acceptors (Lipinski definition) is 9. The van der Waals surface area contributed by atoms with Crippen LogP contribution in [0.4, 0.5) is 17.2 Å². The van der Waals surface area contributed by atoms with Gasteiger partial charge in [-0.15, -0.1) is 0 Å². The maximum atomic E-state index is 6.19. The summed E-state index contributed by atoms with van der Waals surface area (Å²) in [6.07, 6.45) is 8.40. The number of aromatic nitrogens is 7. The number of benzene rings is 7. The van der Waals surface area contributed by atoms with E-state index in [0.717, 1.165) is 38.8 Å². The first-order valence-corrected chi connectivity index (χ1v) is 17.5. The number of anilines is 3. The topological polar surface area (TPSA) is 107 Å². The first kappa shape index (κ1) is 30.0. The molecule has 0 aliphatic heterocycles. The summed E-state index contributed by atoms with van der Waals surface area (Å²) in [4.78, 5) is 35.7. The lowest BCUT2D eigenvalue weighted by molar-refractivity contribution is 0.620. The van der Waals surface area contributed by atoms with Crippen LogP contribution in [0.3, 0.4) is 0 Å². The van der Waals surface area contributed by atoms with Gasteiger partial charge < -0.3 is 4.42 Å². The normalized spacial score (nSPS) is 11.7. The summed E-state index contributed by atoms with van der Waals surface area (Å²) in [7, 11) is 0. The van der Waals surface area contributed by atoms with Gasteiger partial charge in [0, 0.05) is 36.0 Å². The van der Waals surface area contributed by atoms with E-state index in [-0.39, 0.29) is 0 Å². The highest BCUT2D eigenvalue weighted by Gasteiger charge is 2.21. The van der Waals surface area contributed by atoms with Gasteiger partial charge in [0.2, 0.25) is 5.89 Å². The molecule has 4 aromatic heterocycles. The minimum absolute atomic E-state index is 0.561. The van der Waals surface area contributed by atoms with Crippen molar-refractivity contribution in [2.45, 2.75) is 0 Å². The Morgan fingerprint density at radius 2 is 0.963 bits per heavy atom. The third-order valence-corrected chi connectivity index (χ3v) is 9.87. The van der Waals surface area contributed by atoms with Crippen molar-refractivity contribution in [2.75, 3.05) is 4.90 Å². The summed E-state index contributed by atoms with van der Waals surface area (Å²) in [5.41, 5.74) is 10.1. The zero-order valence-corrected chi connectivity index (χ0v) is 28.5. The minimum Gasteiger partial charge on any atom is -0.436 e. The Bertz CT molecular complexity index is 3220. The molecule has 11 aromatic rings. The number of rotatable bonds is 5. The minimum atomic E-state index is 0.561. The summed E-state index contributed by atoms with van der Waals surface area (Å²) >= 11 is 0. The van der Waals surface area contributed by atoms with E-state index < -0.39 is 0 Å². The molecule has 0 bridgehead atoms. The standard InChI is InChI=1S/C45H26N8O/c1-2-7-28(8-3-1)45-51-36-25-35(16-17-37(36)54-45)53(38-26-50-43-41-39(46-18-19-48-41)40-42(44(43)52-38)49-21-20-47-40)34-15-14-32-23-31(12-13-33(32)24-34)30-11-10-27-6-4-5-9-29(27)22-30/h1-26H. The quantitative estimate of drug-likeness (QED) is 0.163. The summed E-state index contributed by atoms with van der Waals surface area (Å²) in [6, 6.07) is 44.0. The highest BCUT2D eigenvalue weighted by Crippen LogP contribution is 2.39. The number of fused-ring (bicyclic) bond motifs is 9. The van der Waals surface area contributed by atoms with E-state index in [1.807, 2.05) is 48.5 Å². The Kier molecular flexibility index (Phi) is 6.65. The van der Waals surface area contributed by atoms with Gasteiger partial charge in [0.25, 0.3) is 0 Å². The fourth-order valence-electron chi connectivity index (χ4n) is 7.29. The Morgan fingerprint density at radius 1 is 0.407 bits per heavy atom. The molecule has 252 valence electrons. The highest BCUT2D eigenvalue weighted by molar-refractivity contribution is 6.18. The van der Waals surface area contributed by atoms with Gasteiger partial charge in [-0.1, -0.05) is 72.8 Å². The molecule has 0 saturated carbocycles. The van der Waals surface area contributed by atoms with E-state index in [0.29, 0.717) is 50.4 Å². The molecule has 0 aliphatic carbocycles. The average Bonchev–Trinajstić information content (AvgIpc) is 3.68. The third-order valence-electron chi connectivity index (χ3n) is 9.87. The van der Waals surface area contributed by atoms with Crippen molar-refractivity contribution in [3.8, 4) is 22.6 Å². The smallest absolute Gasteiger partial charge is 0.227 e. The van der Waals surface area contributed by atoms with Gasteiger partial charge in [0.1, 0.15) is 38.6 Å². The fourth-order valence-corrected chi connectivity index (χ4v) is 7.29. The largest absolute Gasteiger partial charge is 0.436 e. The lowest BCUT2D eigenvalue weighted by Gasteiger charge is -2.24. The molecule has 54 heavy (non-hydrogen) atoms. The average molecular weight is 695 g/mol. The molecule has 0 spiro atoms. The molecule has 0 fully saturated rings. The van der Waals surface area contributed by atoms with Crippen molar-refractivity contribution in [2.24, 2.45) is 0 Å². The van der Waals surface area contributed by atoms with Crippen LogP contribution in [0.25, 0.3) is 88.3 Å². The van der Waals surface area contributed by atoms with Gasteiger partial charge in [-0.25, -0.2) is 15.0 Å². The summed E-state index contributed by atoms with van der Waals surface area (Å²) < 4.78 is 6.19. The Balaban J connectivity index is 1.09. The summed E-state index contributed by atoms with van der Waals surface area (Å²) in [5, 5.41) is 4.66. The molecular formula is C45H26N8O. The van der Waals surface area contributed by atoms with E-state index >= 15 is 0 Å². The zero-order chi connectivity index (χ0) is 35.6. The van der Waals surface area contributed by atoms with E-state index in [1.54, 1.807) is 31.0 Å². The number of oxazole rings is 1. The van der Waals surface area contributed by atoms with Crippen LogP contribution in [0.15, 0.2) is 163 Å². The molecular weight excluding hydrogens is 669 g/mol. The number of hydrogen-bond donors (Lipinski definition) is 0. The Hall–Kier alpha value is -7.65. The number of nitrogens with zero attached hydrogens (tertiary/aromatic N) is 8. The van der Waals surface area contributed by atoms with Crippen LogP contribution < -0.4 is 4.90 Å². The first-order valence-electron chi connectivity index (χ1n) is 17.5. The summed E-state index contributed by atoms with van der Waals surface area (Å²) in [5.74, 6) is 1.15. The van der Waals surface area contributed by atoms with Crippen LogP contribution in [0.5, 0.6) is 0 Å². The highest BCUT2D eigenvalue weighted by atomic mass is 16.3. The van der Waals surface area contributed by atoms with Crippen molar-refractivity contribution in [3.63, 3.8) is 0 Å². The van der Waals surface area contributed by atoms with Crippen LogP contribution in [0.2, 0.25) is 0 Å². The summed E-state index contributed by atoms with van der Waals surface area (Å²) in [6.45, 7) is 0. The van der Waals surface area contributed by atoms with E-state index in [9.17, 15) is 0 Å². The molecule has 0 atom stereocenters. The molecule has 4 heterocycles. The molecule has 9 nitrogen and oxygen atoms in total.